The first-order chi connectivity index (χ1) is 10.2. The van der Waals surface area contributed by atoms with E-state index in [2.05, 4.69) is 17.1 Å². The Labute approximate surface area is 121 Å². The number of nitrogens with one attached hydrogen (secondary N) is 1. The van der Waals surface area contributed by atoms with Crippen molar-refractivity contribution in [2.45, 2.75) is 6.92 Å². The van der Waals surface area contributed by atoms with Crippen LogP contribution in [0.2, 0.25) is 0 Å². The number of pyridine rings is 1. The predicted molar refractivity (Wildman–Crippen MR) is 85.4 cm³/mol. The molecule has 3 nitrogen and oxygen atoms in total. The van der Waals surface area contributed by atoms with E-state index in [0.717, 1.165) is 38.6 Å². The Balaban J connectivity index is 2.06. The summed E-state index contributed by atoms with van der Waals surface area (Å²) in [5.74, 6) is 0.190. The number of benzene rings is 2. The molecule has 0 atom stereocenters. The van der Waals surface area contributed by atoms with E-state index >= 15 is 0 Å². The first kappa shape index (κ1) is 12.0. The van der Waals surface area contributed by atoms with Crippen LogP contribution >= 0.6 is 0 Å². The van der Waals surface area contributed by atoms with E-state index in [1.54, 1.807) is 0 Å². The molecule has 4 rings (SSSR count). The van der Waals surface area contributed by atoms with Gasteiger partial charge in [-0.3, -0.25) is 0 Å². The Kier molecular flexibility index (Phi) is 2.48. The van der Waals surface area contributed by atoms with Crippen molar-refractivity contribution in [2.75, 3.05) is 0 Å². The minimum atomic E-state index is 0.190. The molecule has 0 radical (unpaired) electrons. The van der Waals surface area contributed by atoms with Crippen LogP contribution in [0.3, 0.4) is 0 Å². The van der Waals surface area contributed by atoms with Crippen molar-refractivity contribution in [1.29, 1.82) is 0 Å². The second kappa shape index (κ2) is 4.35. The summed E-state index contributed by atoms with van der Waals surface area (Å²) in [7, 11) is 0. The molecule has 0 fully saturated rings. The highest BCUT2D eigenvalue weighted by molar-refractivity contribution is 6.00. The molecule has 0 saturated carbocycles. The van der Waals surface area contributed by atoms with Crippen LogP contribution in [-0.4, -0.2) is 15.1 Å². The smallest absolute Gasteiger partial charge is 0.196 e. The number of aryl methyl sites for hydroxylation is 1. The summed E-state index contributed by atoms with van der Waals surface area (Å²) in [6, 6.07) is 18.0. The van der Waals surface area contributed by atoms with Crippen LogP contribution in [0, 0.1) is 6.92 Å². The SMILES string of the molecule is Cc1cc2ccccc2nc1-c1[nH]c(O)c2ccccc12. The fourth-order valence-electron chi connectivity index (χ4n) is 2.82. The lowest BCUT2D eigenvalue weighted by Crippen LogP contribution is -1.90. The van der Waals surface area contributed by atoms with Crippen molar-refractivity contribution in [2.24, 2.45) is 0 Å². The number of H-pyrrole nitrogens is 1. The lowest BCUT2D eigenvalue weighted by atomic mass is 10.1. The fraction of sp³-hybridized carbons (Fsp3) is 0.0556. The van der Waals surface area contributed by atoms with Crippen molar-refractivity contribution in [3.8, 4) is 17.3 Å². The molecule has 0 bridgehead atoms. The van der Waals surface area contributed by atoms with Crippen LogP contribution in [0.1, 0.15) is 5.56 Å². The maximum atomic E-state index is 10.1. The molecule has 102 valence electrons. The molecule has 4 aromatic rings. The van der Waals surface area contributed by atoms with E-state index < -0.39 is 0 Å². The van der Waals surface area contributed by atoms with Crippen LogP contribution in [-0.2, 0) is 0 Å². The summed E-state index contributed by atoms with van der Waals surface area (Å²) >= 11 is 0. The maximum absolute atomic E-state index is 10.1. The molecule has 0 saturated heterocycles. The highest BCUT2D eigenvalue weighted by atomic mass is 16.3. The molecule has 0 aliphatic carbocycles. The number of rotatable bonds is 1. The van der Waals surface area contributed by atoms with Gasteiger partial charge in [0.2, 0.25) is 0 Å². The number of aromatic hydroxyl groups is 1. The van der Waals surface area contributed by atoms with E-state index in [1.165, 1.54) is 0 Å². The third-order valence-corrected chi connectivity index (χ3v) is 3.85. The molecule has 2 aromatic carbocycles. The Bertz CT molecular complexity index is 969. The lowest BCUT2D eigenvalue weighted by Gasteiger charge is -2.06. The standard InChI is InChI=1S/C18H14N2O/c1-11-10-12-6-2-5-9-15(12)19-16(11)17-13-7-3-4-8-14(13)18(21)20-17/h2-10,20-21H,1H3. The second-order valence-corrected chi connectivity index (χ2v) is 5.24. The van der Waals surface area contributed by atoms with Gasteiger partial charge in [-0.05, 0) is 30.7 Å². The molecule has 0 unspecified atom stereocenters. The van der Waals surface area contributed by atoms with Crippen LogP contribution in [0.25, 0.3) is 33.1 Å². The molecular formula is C18H14N2O. The monoisotopic (exact) mass is 274 g/mol. The minimum Gasteiger partial charge on any atom is -0.494 e. The molecule has 0 amide bonds. The van der Waals surface area contributed by atoms with Crippen LogP contribution in [0.4, 0.5) is 0 Å². The van der Waals surface area contributed by atoms with Gasteiger partial charge < -0.3 is 10.1 Å². The molecule has 0 aliphatic rings. The summed E-state index contributed by atoms with van der Waals surface area (Å²) in [6.45, 7) is 2.04. The number of hydrogen-bond acceptors (Lipinski definition) is 2. The summed E-state index contributed by atoms with van der Waals surface area (Å²) < 4.78 is 0. The predicted octanol–water partition coefficient (Wildman–Crippen LogP) is 4.40. The maximum Gasteiger partial charge on any atom is 0.196 e. The van der Waals surface area contributed by atoms with Gasteiger partial charge in [0.1, 0.15) is 0 Å². The Morgan fingerprint density at radius 3 is 2.52 bits per heavy atom. The number of aromatic nitrogens is 2. The zero-order chi connectivity index (χ0) is 14.4. The summed E-state index contributed by atoms with van der Waals surface area (Å²) in [5.41, 5.74) is 3.79. The van der Waals surface area contributed by atoms with E-state index in [1.807, 2.05) is 49.4 Å². The Hall–Kier alpha value is -2.81. The number of hydrogen-bond donors (Lipinski definition) is 2. The Morgan fingerprint density at radius 2 is 1.67 bits per heavy atom. The zero-order valence-corrected chi connectivity index (χ0v) is 11.6. The molecular weight excluding hydrogens is 260 g/mol. The molecule has 0 aliphatic heterocycles. The van der Waals surface area contributed by atoms with Crippen molar-refractivity contribution in [3.05, 3.63) is 60.2 Å². The quantitative estimate of drug-likeness (QED) is 0.540. The topological polar surface area (TPSA) is 48.9 Å². The van der Waals surface area contributed by atoms with Gasteiger partial charge in [0.05, 0.1) is 16.9 Å². The minimum absolute atomic E-state index is 0.190. The molecule has 3 heteroatoms. The number of fused-ring (bicyclic) bond motifs is 2. The summed E-state index contributed by atoms with van der Waals surface area (Å²) in [6.07, 6.45) is 0. The van der Waals surface area contributed by atoms with E-state index in [4.69, 9.17) is 4.98 Å². The van der Waals surface area contributed by atoms with Crippen molar-refractivity contribution < 1.29 is 5.11 Å². The summed E-state index contributed by atoms with van der Waals surface area (Å²) in [5, 5.41) is 13.0. The van der Waals surface area contributed by atoms with Gasteiger partial charge in [0.25, 0.3) is 0 Å². The number of nitrogens with zero attached hydrogens (tertiary/aromatic N) is 1. The molecule has 2 heterocycles. The first-order valence-electron chi connectivity index (χ1n) is 6.90. The van der Waals surface area contributed by atoms with Crippen molar-refractivity contribution in [1.82, 2.24) is 9.97 Å². The van der Waals surface area contributed by atoms with Gasteiger partial charge in [0, 0.05) is 16.2 Å². The largest absolute Gasteiger partial charge is 0.494 e. The third-order valence-electron chi connectivity index (χ3n) is 3.85. The van der Waals surface area contributed by atoms with Crippen LogP contribution in [0.15, 0.2) is 54.6 Å². The van der Waals surface area contributed by atoms with E-state index in [0.29, 0.717) is 0 Å². The van der Waals surface area contributed by atoms with Crippen LogP contribution in [0.5, 0.6) is 5.88 Å². The van der Waals surface area contributed by atoms with Crippen LogP contribution < -0.4 is 0 Å². The van der Waals surface area contributed by atoms with E-state index in [-0.39, 0.29) is 5.88 Å². The van der Waals surface area contributed by atoms with E-state index in [9.17, 15) is 5.11 Å². The molecule has 2 aromatic heterocycles. The van der Waals surface area contributed by atoms with Gasteiger partial charge in [-0.25, -0.2) is 4.98 Å². The third kappa shape index (κ3) is 1.78. The fourth-order valence-corrected chi connectivity index (χ4v) is 2.82. The Morgan fingerprint density at radius 1 is 0.952 bits per heavy atom. The highest BCUT2D eigenvalue weighted by Gasteiger charge is 2.14. The van der Waals surface area contributed by atoms with Gasteiger partial charge in [-0.1, -0.05) is 36.4 Å². The van der Waals surface area contributed by atoms with Gasteiger partial charge in [-0.2, -0.15) is 0 Å². The van der Waals surface area contributed by atoms with Crippen molar-refractivity contribution >= 4 is 21.7 Å². The first-order valence-corrected chi connectivity index (χ1v) is 6.90. The molecule has 21 heavy (non-hydrogen) atoms. The zero-order valence-electron chi connectivity index (χ0n) is 11.6. The summed E-state index contributed by atoms with van der Waals surface area (Å²) in [4.78, 5) is 7.83. The average Bonchev–Trinajstić information content (AvgIpc) is 2.84. The number of para-hydroxylation sites is 1. The lowest BCUT2D eigenvalue weighted by molar-refractivity contribution is 0.463. The molecule has 0 spiro atoms. The highest BCUT2D eigenvalue weighted by Crippen LogP contribution is 2.35. The van der Waals surface area contributed by atoms with Gasteiger partial charge in [0.15, 0.2) is 5.88 Å². The van der Waals surface area contributed by atoms with Crippen molar-refractivity contribution in [3.63, 3.8) is 0 Å². The molecule has 2 N–H and O–H groups in total. The average molecular weight is 274 g/mol. The number of aromatic amines is 1. The van der Waals surface area contributed by atoms with Gasteiger partial charge >= 0.3 is 0 Å². The second-order valence-electron chi connectivity index (χ2n) is 5.24. The van der Waals surface area contributed by atoms with Gasteiger partial charge in [-0.15, -0.1) is 0 Å². The normalized spacial score (nSPS) is 11.3.